The fourth-order valence-corrected chi connectivity index (χ4v) is 3.86. The van der Waals surface area contributed by atoms with E-state index in [4.69, 9.17) is 0 Å². The second-order valence-corrected chi connectivity index (χ2v) is 7.81. The molecule has 2 fully saturated rings. The van der Waals surface area contributed by atoms with Gasteiger partial charge in [0.1, 0.15) is 0 Å². The molecule has 2 aliphatic rings. The fourth-order valence-electron chi connectivity index (χ4n) is 3.86. The van der Waals surface area contributed by atoms with Gasteiger partial charge in [0.05, 0.1) is 0 Å². The number of benzene rings is 1. The summed E-state index contributed by atoms with van der Waals surface area (Å²) in [5.74, 6) is 3.29. The molecule has 1 nitrogen and oxygen atoms in total. The van der Waals surface area contributed by atoms with Crippen molar-refractivity contribution in [1.82, 2.24) is 0 Å². The lowest BCUT2D eigenvalue weighted by Crippen LogP contribution is -2.35. The van der Waals surface area contributed by atoms with Crippen molar-refractivity contribution in [2.24, 2.45) is 11.8 Å². The van der Waals surface area contributed by atoms with Crippen LogP contribution in [0.1, 0.15) is 76.3 Å². The van der Waals surface area contributed by atoms with E-state index in [2.05, 4.69) is 50.8 Å². The van der Waals surface area contributed by atoms with E-state index in [1.54, 1.807) is 11.1 Å². The summed E-state index contributed by atoms with van der Waals surface area (Å²) in [6, 6.07) is 7.29. The summed E-state index contributed by atoms with van der Waals surface area (Å²) in [5, 5.41) is 0. The second kappa shape index (κ2) is 6.02. The summed E-state index contributed by atoms with van der Waals surface area (Å²) in [7, 11) is 0. The van der Waals surface area contributed by atoms with E-state index in [0.717, 1.165) is 17.8 Å². The minimum Gasteiger partial charge on any atom is -0.372 e. The van der Waals surface area contributed by atoms with Crippen LogP contribution in [-0.2, 0) is 0 Å². The van der Waals surface area contributed by atoms with E-state index in [0.29, 0.717) is 5.92 Å². The Hall–Kier alpha value is -0.980. The van der Waals surface area contributed by atoms with Crippen LogP contribution in [0.5, 0.6) is 0 Å². The van der Waals surface area contributed by atoms with Crippen LogP contribution in [0.3, 0.4) is 0 Å². The minimum absolute atomic E-state index is 0.654. The normalized spacial score (nSPS) is 20.6. The smallest absolute Gasteiger partial charge is 0.0369 e. The fraction of sp³-hybridized carbons (Fsp3) is 0.700. The van der Waals surface area contributed by atoms with Gasteiger partial charge >= 0.3 is 0 Å². The summed E-state index contributed by atoms with van der Waals surface area (Å²) in [6.07, 6.45) is 5.53. The maximum Gasteiger partial charge on any atom is 0.0369 e. The monoisotopic (exact) mass is 285 g/mol. The molecule has 116 valence electrons. The zero-order chi connectivity index (χ0) is 15.0. The number of piperidine rings is 1. The highest BCUT2D eigenvalue weighted by molar-refractivity contribution is 5.53. The van der Waals surface area contributed by atoms with Crippen LogP contribution in [0.15, 0.2) is 18.2 Å². The summed E-state index contributed by atoms with van der Waals surface area (Å²) in [4.78, 5) is 2.62. The predicted octanol–water partition coefficient (Wildman–Crippen LogP) is 5.56. The first-order valence-electron chi connectivity index (χ1n) is 8.95. The second-order valence-electron chi connectivity index (χ2n) is 7.81. The third-order valence-corrected chi connectivity index (χ3v) is 5.56. The molecule has 0 amide bonds. The molecule has 0 N–H and O–H groups in total. The minimum atomic E-state index is 0.654. The first-order valence-corrected chi connectivity index (χ1v) is 8.95. The van der Waals surface area contributed by atoms with Gasteiger partial charge in [-0.3, -0.25) is 0 Å². The molecule has 0 radical (unpaired) electrons. The number of rotatable bonds is 4. The molecule has 21 heavy (non-hydrogen) atoms. The maximum atomic E-state index is 2.62. The van der Waals surface area contributed by atoms with Crippen molar-refractivity contribution >= 4 is 5.69 Å². The zero-order valence-electron chi connectivity index (χ0n) is 14.2. The molecule has 1 saturated heterocycles. The van der Waals surface area contributed by atoms with E-state index < -0.39 is 0 Å². The summed E-state index contributed by atoms with van der Waals surface area (Å²) < 4.78 is 0. The van der Waals surface area contributed by atoms with Crippen LogP contribution in [-0.4, -0.2) is 13.1 Å². The van der Waals surface area contributed by atoms with Gasteiger partial charge in [0.2, 0.25) is 0 Å². The first kappa shape index (κ1) is 14.9. The SMILES string of the molecule is CC(C)c1ccc(N2CCC(C(C)C)CC2)cc1C1CC1. The maximum absolute atomic E-state index is 2.62. The van der Waals surface area contributed by atoms with Gasteiger partial charge in [-0.05, 0) is 72.6 Å². The van der Waals surface area contributed by atoms with Crippen LogP contribution in [0.2, 0.25) is 0 Å². The molecule has 1 aromatic carbocycles. The lowest BCUT2D eigenvalue weighted by Gasteiger charge is -2.35. The summed E-state index contributed by atoms with van der Waals surface area (Å²) in [6.45, 7) is 11.9. The third-order valence-electron chi connectivity index (χ3n) is 5.56. The Labute approximate surface area is 130 Å². The quantitative estimate of drug-likeness (QED) is 0.700. The molecule has 0 aromatic heterocycles. The number of hydrogen-bond donors (Lipinski definition) is 0. The van der Waals surface area contributed by atoms with Crippen LogP contribution in [0.25, 0.3) is 0 Å². The van der Waals surface area contributed by atoms with Crippen LogP contribution >= 0.6 is 0 Å². The van der Waals surface area contributed by atoms with Gasteiger partial charge in [-0.1, -0.05) is 33.8 Å². The van der Waals surface area contributed by atoms with Crippen molar-refractivity contribution in [3.8, 4) is 0 Å². The van der Waals surface area contributed by atoms with E-state index in [-0.39, 0.29) is 0 Å². The Kier molecular flexibility index (Phi) is 4.28. The largest absolute Gasteiger partial charge is 0.372 e. The molecule has 1 aliphatic carbocycles. The topological polar surface area (TPSA) is 3.24 Å². The van der Waals surface area contributed by atoms with Gasteiger partial charge in [0.15, 0.2) is 0 Å². The lowest BCUT2D eigenvalue weighted by molar-refractivity contribution is 0.311. The standard InChI is InChI=1S/C20H31N/c1-14(2)16-9-11-21(12-10-16)18-7-8-19(15(3)4)20(13-18)17-5-6-17/h7-8,13-17H,5-6,9-12H2,1-4H3. The molecule has 1 heterocycles. The zero-order valence-corrected chi connectivity index (χ0v) is 14.2. The van der Waals surface area contributed by atoms with E-state index >= 15 is 0 Å². The molecule has 0 atom stereocenters. The molecule has 0 spiro atoms. The number of hydrogen-bond acceptors (Lipinski definition) is 1. The molecule has 0 unspecified atom stereocenters. The lowest BCUT2D eigenvalue weighted by atomic mass is 9.86. The molecule has 1 heteroatoms. The summed E-state index contributed by atoms with van der Waals surface area (Å²) >= 11 is 0. The number of nitrogens with zero attached hydrogens (tertiary/aromatic N) is 1. The average molecular weight is 285 g/mol. The van der Waals surface area contributed by atoms with Crippen molar-refractivity contribution in [2.75, 3.05) is 18.0 Å². The average Bonchev–Trinajstić information content (AvgIpc) is 3.31. The van der Waals surface area contributed by atoms with Crippen molar-refractivity contribution in [1.29, 1.82) is 0 Å². The van der Waals surface area contributed by atoms with Crippen molar-refractivity contribution in [3.63, 3.8) is 0 Å². The van der Waals surface area contributed by atoms with Crippen LogP contribution in [0, 0.1) is 11.8 Å². The molecule has 1 aromatic rings. The molecular weight excluding hydrogens is 254 g/mol. The Morgan fingerprint density at radius 1 is 0.952 bits per heavy atom. The Bertz CT molecular complexity index is 477. The molecule has 0 bridgehead atoms. The molecule has 1 aliphatic heterocycles. The highest BCUT2D eigenvalue weighted by Crippen LogP contribution is 2.44. The van der Waals surface area contributed by atoms with Gasteiger partial charge in [-0.15, -0.1) is 0 Å². The van der Waals surface area contributed by atoms with Crippen molar-refractivity contribution < 1.29 is 0 Å². The Morgan fingerprint density at radius 2 is 1.62 bits per heavy atom. The van der Waals surface area contributed by atoms with Gasteiger partial charge < -0.3 is 4.90 Å². The van der Waals surface area contributed by atoms with Crippen molar-refractivity contribution in [3.05, 3.63) is 29.3 Å². The van der Waals surface area contributed by atoms with Crippen LogP contribution in [0.4, 0.5) is 5.69 Å². The van der Waals surface area contributed by atoms with E-state index in [1.165, 1.54) is 44.5 Å². The highest BCUT2D eigenvalue weighted by atomic mass is 15.1. The van der Waals surface area contributed by atoms with Gasteiger partial charge in [0.25, 0.3) is 0 Å². The van der Waals surface area contributed by atoms with E-state index in [9.17, 15) is 0 Å². The third kappa shape index (κ3) is 3.27. The highest BCUT2D eigenvalue weighted by Gasteiger charge is 2.28. The number of anilines is 1. The van der Waals surface area contributed by atoms with Gasteiger partial charge in [-0.2, -0.15) is 0 Å². The predicted molar refractivity (Wildman–Crippen MR) is 92.3 cm³/mol. The summed E-state index contributed by atoms with van der Waals surface area (Å²) in [5.41, 5.74) is 4.70. The van der Waals surface area contributed by atoms with Gasteiger partial charge in [-0.25, -0.2) is 0 Å². The van der Waals surface area contributed by atoms with Crippen LogP contribution < -0.4 is 4.90 Å². The Morgan fingerprint density at radius 3 is 2.14 bits per heavy atom. The van der Waals surface area contributed by atoms with E-state index in [1.807, 2.05) is 0 Å². The molecular formula is C20H31N. The molecule has 3 rings (SSSR count). The molecule has 1 saturated carbocycles. The first-order chi connectivity index (χ1) is 10.1. The van der Waals surface area contributed by atoms with Gasteiger partial charge in [0, 0.05) is 18.8 Å². The van der Waals surface area contributed by atoms with Crippen molar-refractivity contribution in [2.45, 2.75) is 65.2 Å². The Balaban J connectivity index is 1.76.